The topological polar surface area (TPSA) is 49.7 Å². The molecule has 0 aliphatic carbocycles. The molecule has 1 N–H and O–H groups in total. The summed E-state index contributed by atoms with van der Waals surface area (Å²) in [5, 5.41) is 12.0. The first-order valence-electron chi connectivity index (χ1n) is 3.64. The molecule has 13 heavy (non-hydrogen) atoms. The second kappa shape index (κ2) is 4.05. The Hall–Kier alpha value is -1.35. The molecule has 3 nitrogen and oxygen atoms in total. The van der Waals surface area contributed by atoms with Crippen molar-refractivity contribution in [3.8, 4) is 0 Å². The maximum absolute atomic E-state index is 10.9. The standard InChI is InChI=1S/C9H8ClNO2/c1-6(12)9(11-13)7-2-4-8(10)5-3-7/h2-5,13H,1H3/b11-9-. The van der Waals surface area contributed by atoms with Crippen molar-refractivity contribution in [1.29, 1.82) is 0 Å². The highest BCUT2D eigenvalue weighted by molar-refractivity contribution is 6.45. The van der Waals surface area contributed by atoms with Gasteiger partial charge in [0.05, 0.1) is 0 Å². The van der Waals surface area contributed by atoms with Gasteiger partial charge < -0.3 is 5.21 Å². The molecule has 68 valence electrons. The van der Waals surface area contributed by atoms with Gasteiger partial charge in [-0.25, -0.2) is 0 Å². The zero-order chi connectivity index (χ0) is 9.84. The summed E-state index contributed by atoms with van der Waals surface area (Å²) in [5.41, 5.74) is 0.594. The summed E-state index contributed by atoms with van der Waals surface area (Å²) in [4.78, 5) is 10.9. The van der Waals surface area contributed by atoms with Crippen molar-refractivity contribution in [2.75, 3.05) is 0 Å². The summed E-state index contributed by atoms with van der Waals surface area (Å²) >= 11 is 5.65. The Morgan fingerprint density at radius 3 is 2.31 bits per heavy atom. The lowest BCUT2D eigenvalue weighted by Gasteiger charge is -1.99. The first-order valence-corrected chi connectivity index (χ1v) is 4.02. The fourth-order valence-corrected chi connectivity index (χ4v) is 1.07. The van der Waals surface area contributed by atoms with Gasteiger partial charge in [-0.05, 0) is 12.1 Å². The van der Waals surface area contributed by atoms with Crippen molar-refractivity contribution in [2.24, 2.45) is 5.16 Å². The van der Waals surface area contributed by atoms with Crippen LogP contribution >= 0.6 is 11.6 Å². The molecule has 1 rings (SSSR count). The first kappa shape index (κ1) is 9.74. The molecule has 0 aliphatic heterocycles. The SMILES string of the molecule is CC(=O)/C(=N/O)c1ccc(Cl)cc1. The summed E-state index contributed by atoms with van der Waals surface area (Å²) < 4.78 is 0. The number of nitrogens with zero attached hydrogens (tertiary/aromatic N) is 1. The van der Waals surface area contributed by atoms with E-state index in [1.165, 1.54) is 6.92 Å². The summed E-state index contributed by atoms with van der Waals surface area (Å²) in [7, 11) is 0. The number of carbonyl (C=O) groups is 1. The molecule has 0 unspecified atom stereocenters. The zero-order valence-corrected chi connectivity index (χ0v) is 7.75. The van der Waals surface area contributed by atoms with Crippen LogP contribution in [0.2, 0.25) is 5.02 Å². The molecule has 0 atom stereocenters. The van der Waals surface area contributed by atoms with Gasteiger partial charge in [-0.15, -0.1) is 0 Å². The van der Waals surface area contributed by atoms with Crippen molar-refractivity contribution in [3.05, 3.63) is 34.9 Å². The third-order valence-corrected chi connectivity index (χ3v) is 1.80. The minimum atomic E-state index is -0.287. The van der Waals surface area contributed by atoms with Crippen LogP contribution in [-0.4, -0.2) is 16.7 Å². The van der Waals surface area contributed by atoms with E-state index in [1.807, 2.05) is 0 Å². The van der Waals surface area contributed by atoms with Crippen LogP contribution in [0.15, 0.2) is 29.4 Å². The summed E-state index contributed by atoms with van der Waals surface area (Å²) in [6.07, 6.45) is 0. The molecule has 0 saturated heterocycles. The average molecular weight is 198 g/mol. The highest BCUT2D eigenvalue weighted by atomic mass is 35.5. The molecule has 1 aromatic rings. The quantitative estimate of drug-likeness (QED) is 0.449. The van der Waals surface area contributed by atoms with Crippen LogP contribution in [0.4, 0.5) is 0 Å². The Bertz CT molecular complexity index is 343. The van der Waals surface area contributed by atoms with Gasteiger partial charge in [-0.1, -0.05) is 28.9 Å². The maximum Gasteiger partial charge on any atom is 0.182 e. The lowest BCUT2D eigenvalue weighted by Crippen LogP contribution is -2.11. The predicted octanol–water partition coefficient (Wildman–Crippen LogP) is 2.11. The molecule has 0 spiro atoms. The number of hydrogen-bond donors (Lipinski definition) is 1. The number of oxime groups is 1. The van der Waals surface area contributed by atoms with Gasteiger partial charge in [0, 0.05) is 17.5 Å². The van der Waals surface area contributed by atoms with Gasteiger partial charge >= 0.3 is 0 Å². The van der Waals surface area contributed by atoms with Crippen LogP contribution < -0.4 is 0 Å². The molecule has 0 heterocycles. The number of rotatable bonds is 2. The highest BCUT2D eigenvalue weighted by Crippen LogP contribution is 2.10. The molecule has 0 fully saturated rings. The Morgan fingerprint density at radius 2 is 1.92 bits per heavy atom. The number of hydrogen-bond acceptors (Lipinski definition) is 3. The van der Waals surface area contributed by atoms with Crippen LogP contribution in [0.3, 0.4) is 0 Å². The number of carbonyl (C=O) groups excluding carboxylic acids is 1. The van der Waals surface area contributed by atoms with E-state index in [0.717, 1.165) is 0 Å². The van der Waals surface area contributed by atoms with Crippen molar-refractivity contribution in [2.45, 2.75) is 6.92 Å². The van der Waals surface area contributed by atoms with Crippen molar-refractivity contribution in [3.63, 3.8) is 0 Å². The second-order valence-corrected chi connectivity index (χ2v) is 2.95. The van der Waals surface area contributed by atoms with Crippen LogP contribution in [0.25, 0.3) is 0 Å². The Balaban J connectivity index is 3.07. The number of ketones is 1. The summed E-state index contributed by atoms with van der Waals surface area (Å²) in [5.74, 6) is -0.287. The van der Waals surface area contributed by atoms with Crippen molar-refractivity contribution < 1.29 is 10.0 Å². The van der Waals surface area contributed by atoms with E-state index in [4.69, 9.17) is 16.8 Å². The molecule has 1 aromatic carbocycles. The van der Waals surface area contributed by atoms with Crippen molar-refractivity contribution in [1.82, 2.24) is 0 Å². The van der Waals surface area contributed by atoms with E-state index < -0.39 is 0 Å². The van der Waals surface area contributed by atoms with E-state index in [2.05, 4.69) is 5.16 Å². The molecular weight excluding hydrogens is 190 g/mol. The minimum Gasteiger partial charge on any atom is -0.410 e. The molecule has 0 aliphatic rings. The van der Waals surface area contributed by atoms with E-state index in [-0.39, 0.29) is 11.5 Å². The fourth-order valence-electron chi connectivity index (χ4n) is 0.939. The first-order chi connectivity index (χ1) is 6.15. The second-order valence-electron chi connectivity index (χ2n) is 2.51. The van der Waals surface area contributed by atoms with Gasteiger partial charge in [-0.2, -0.15) is 0 Å². The molecule has 0 aromatic heterocycles. The van der Waals surface area contributed by atoms with E-state index >= 15 is 0 Å². The third-order valence-electron chi connectivity index (χ3n) is 1.55. The molecule has 0 amide bonds. The smallest absolute Gasteiger partial charge is 0.182 e. The molecular formula is C9H8ClNO2. The number of benzene rings is 1. The lowest BCUT2D eigenvalue weighted by atomic mass is 10.1. The Kier molecular flexibility index (Phi) is 3.03. The highest BCUT2D eigenvalue weighted by Gasteiger charge is 2.08. The maximum atomic E-state index is 10.9. The fraction of sp³-hybridized carbons (Fsp3) is 0.111. The average Bonchev–Trinajstić information content (AvgIpc) is 2.09. The molecule has 0 bridgehead atoms. The van der Waals surface area contributed by atoms with E-state index in [1.54, 1.807) is 24.3 Å². The normalized spacial score (nSPS) is 11.4. The number of Topliss-reactive ketones (excluding diaryl/α,β-unsaturated/α-hetero) is 1. The zero-order valence-electron chi connectivity index (χ0n) is 6.99. The molecule has 0 saturated carbocycles. The summed E-state index contributed by atoms with van der Waals surface area (Å²) in [6, 6.07) is 6.51. The van der Waals surface area contributed by atoms with Crippen LogP contribution in [-0.2, 0) is 4.79 Å². The van der Waals surface area contributed by atoms with Crippen molar-refractivity contribution >= 4 is 23.1 Å². The van der Waals surface area contributed by atoms with Crippen LogP contribution in [0.1, 0.15) is 12.5 Å². The minimum absolute atomic E-state index is 0.0386. The van der Waals surface area contributed by atoms with Crippen LogP contribution in [0.5, 0.6) is 0 Å². The lowest BCUT2D eigenvalue weighted by molar-refractivity contribution is -0.111. The van der Waals surface area contributed by atoms with Crippen LogP contribution in [0, 0.1) is 0 Å². The van der Waals surface area contributed by atoms with E-state index in [9.17, 15) is 4.79 Å². The van der Waals surface area contributed by atoms with Gasteiger partial charge in [0.1, 0.15) is 0 Å². The van der Waals surface area contributed by atoms with E-state index in [0.29, 0.717) is 10.6 Å². The third kappa shape index (κ3) is 2.29. The largest absolute Gasteiger partial charge is 0.410 e. The van der Waals surface area contributed by atoms with Gasteiger partial charge in [-0.3, -0.25) is 4.79 Å². The predicted molar refractivity (Wildman–Crippen MR) is 50.5 cm³/mol. The Morgan fingerprint density at radius 1 is 1.38 bits per heavy atom. The number of halogens is 1. The molecule has 4 heteroatoms. The van der Waals surface area contributed by atoms with Gasteiger partial charge in [0.2, 0.25) is 0 Å². The monoisotopic (exact) mass is 197 g/mol. The molecule has 0 radical (unpaired) electrons. The van der Waals surface area contributed by atoms with Gasteiger partial charge in [0.25, 0.3) is 0 Å². The Labute approximate surface area is 80.6 Å². The summed E-state index contributed by atoms with van der Waals surface area (Å²) in [6.45, 7) is 1.34. The van der Waals surface area contributed by atoms with Gasteiger partial charge in [0.15, 0.2) is 11.5 Å².